The van der Waals surface area contributed by atoms with Gasteiger partial charge in [-0.05, 0) is 50.2 Å². The van der Waals surface area contributed by atoms with Gasteiger partial charge in [-0.15, -0.1) is 0 Å². The van der Waals surface area contributed by atoms with E-state index < -0.39 is 17.5 Å². The number of aliphatic hydroxyl groups excluding tert-OH is 1. The van der Waals surface area contributed by atoms with Crippen molar-refractivity contribution >= 4 is 28.7 Å². The maximum absolute atomic E-state index is 13.4. The summed E-state index contributed by atoms with van der Waals surface area (Å²) in [5.74, 6) is -1.29. The van der Waals surface area contributed by atoms with Gasteiger partial charge in [-0.1, -0.05) is 43.2 Å². The van der Waals surface area contributed by atoms with Crippen molar-refractivity contribution in [2.45, 2.75) is 75.8 Å². The number of nitrogens with one attached hydrogen (secondary N) is 3. The van der Waals surface area contributed by atoms with E-state index in [9.17, 15) is 19.5 Å². The Balaban J connectivity index is 1.49. The number of H-pyrrole nitrogens is 1. The molecule has 2 atom stereocenters. The Morgan fingerprint density at radius 3 is 2.75 bits per heavy atom. The number of aromatic nitrogens is 1. The summed E-state index contributed by atoms with van der Waals surface area (Å²) in [5.41, 5.74) is 1.46. The summed E-state index contributed by atoms with van der Waals surface area (Å²) < 4.78 is 5.52. The number of hydrogen-bond acceptors (Lipinski definition) is 5. The topological polar surface area (TPSA) is 121 Å². The Morgan fingerprint density at radius 2 is 1.94 bits per heavy atom. The number of cyclic esters (lactones) is 1. The van der Waals surface area contributed by atoms with Gasteiger partial charge in [0.2, 0.25) is 11.8 Å². The number of amides is 2. The molecule has 1 aliphatic carbocycles. The van der Waals surface area contributed by atoms with Gasteiger partial charge in [-0.25, -0.2) is 0 Å². The molecule has 8 nitrogen and oxygen atoms in total. The zero-order chi connectivity index (χ0) is 25.4. The minimum atomic E-state index is -0.571. The van der Waals surface area contributed by atoms with Gasteiger partial charge >= 0.3 is 5.97 Å². The summed E-state index contributed by atoms with van der Waals surface area (Å²) in [6, 6.07) is 7.52. The fourth-order valence-electron chi connectivity index (χ4n) is 5.27. The number of rotatable bonds is 6. The lowest BCUT2D eigenvalue weighted by Crippen LogP contribution is -2.50. The van der Waals surface area contributed by atoms with Crippen molar-refractivity contribution in [2.75, 3.05) is 13.2 Å². The zero-order valence-corrected chi connectivity index (χ0v) is 20.8. The first-order chi connectivity index (χ1) is 17.5. The first-order valence-electron chi connectivity index (χ1n) is 13.1. The van der Waals surface area contributed by atoms with Gasteiger partial charge in [0, 0.05) is 29.9 Å². The fourth-order valence-corrected chi connectivity index (χ4v) is 5.27. The predicted octanol–water partition coefficient (Wildman–Crippen LogP) is 3.30. The second-order valence-corrected chi connectivity index (χ2v) is 10.1. The monoisotopic (exact) mass is 495 g/mol. The molecule has 0 bridgehead atoms. The molecular weight excluding hydrogens is 458 g/mol. The molecule has 1 fully saturated rings. The third-order valence-electron chi connectivity index (χ3n) is 7.34. The van der Waals surface area contributed by atoms with Gasteiger partial charge in [0.05, 0.1) is 24.1 Å². The first-order valence-corrected chi connectivity index (χ1v) is 13.1. The molecule has 1 aromatic heterocycles. The maximum Gasteiger partial charge on any atom is 0.305 e. The van der Waals surface area contributed by atoms with Crippen LogP contribution in [0.5, 0.6) is 0 Å². The van der Waals surface area contributed by atoms with E-state index in [-0.39, 0.29) is 37.4 Å². The highest BCUT2D eigenvalue weighted by Gasteiger charge is 2.35. The number of ether oxygens (including phenoxy) is 1. The molecule has 2 aromatic rings. The van der Waals surface area contributed by atoms with Crippen LogP contribution in [0.1, 0.15) is 63.4 Å². The Hall–Kier alpha value is -3.13. The smallest absolute Gasteiger partial charge is 0.305 e. The lowest BCUT2D eigenvalue weighted by molar-refractivity contribution is -0.145. The van der Waals surface area contributed by atoms with E-state index in [0.29, 0.717) is 32.1 Å². The highest BCUT2D eigenvalue weighted by Crippen LogP contribution is 2.29. The largest absolute Gasteiger partial charge is 0.463 e. The number of para-hydroxylation sites is 1. The minimum Gasteiger partial charge on any atom is -0.463 e. The van der Waals surface area contributed by atoms with Crippen molar-refractivity contribution in [1.82, 2.24) is 15.6 Å². The SMILES string of the molecule is O=C(C[C@H]1CC=CCCCC(=O)OC[C@H](Cc2c[nH]c3ccccc23)NC1=O)NC1(CO)CCCC1. The number of carbonyl (C=O) groups excluding carboxylic acids is 3. The average Bonchev–Trinajstić information content (AvgIpc) is 3.51. The summed E-state index contributed by atoms with van der Waals surface area (Å²) in [7, 11) is 0. The van der Waals surface area contributed by atoms with Crippen LogP contribution in [-0.4, -0.2) is 52.7 Å². The van der Waals surface area contributed by atoms with Gasteiger partial charge in [0.1, 0.15) is 6.61 Å². The Labute approximate surface area is 211 Å². The molecule has 2 aliphatic rings. The van der Waals surface area contributed by atoms with Crippen molar-refractivity contribution in [3.05, 3.63) is 48.2 Å². The Kier molecular flexibility index (Phi) is 8.80. The van der Waals surface area contributed by atoms with Crippen molar-refractivity contribution in [2.24, 2.45) is 5.92 Å². The third kappa shape index (κ3) is 6.75. The molecule has 4 rings (SSSR count). The molecule has 36 heavy (non-hydrogen) atoms. The summed E-state index contributed by atoms with van der Waals surface area (Å²) >= 11 is 0. The van der Waals surface area contributed by atoms with E-state index in [1.807, 2.05) is 42.6 Å². The number of hydrogen-bond donors (Lipinski definition) is 4. The van der Waals surface area contributed by atoms with Crippen LogP contribution in [0.4, 0.5) is 0 Å². The number of carbonyl (C=O) groups is 3. The van der Waals surface area contributed by atoms with Crippen LogP contribution >= 0.6 is 0 Å². The second kappa shape index (κ2) is 12.2. The van der Waals surface area contributed by atoms with Crippen molar-refractivity contribution in [1.29, 1.82) is 0 Å². The molecule has 1 saturated carbocycles. The quantitative estimate of drug-likeness (QED) is 0.362. The summed E-state index contributed by atoms with van der Waals surface area (Å²) in [4.78, 5) is 41.8. The van der Waals surface area contributed by atoms with Crippen molar-refractivity contribution in [3.63, 3.8) is 0 Å². The molecule has 2 amide bonds. The average molecular weight is 496 g/mol. The maximum atomic E-state index is 13.4. The number of allylic oxidation sites excluding steroid dienone is 2. The van der Waals surface area contributed by atoms with Crippen LogP contribution in [-0.2, 0) is 25.5 Å². The Morgan fingerprint density at radius 1 is 1.14 bits per heavy atom. The van der Waals surface area contributed by atoms with E-state index in [2.05, 4.69) is 15.6 Å². The van der Waals surface area contributed by atoms with Crippen LogP contribution < -0.4 is 10.6 Å². The number of fused-ring (bicyclic) bond motifs is 1. The molecule has 1 aliphatic heterocycles. The molecule has 1 aromatic carbocycles. The highest BCUT2D eigenvalue weighted by molar-refractivity contribution is 5.87. The highest BCUT2D eigenvalue weighted by atomic mass is 16.5. The van der Waals surface area contributed by atoms with E-state index in [0.717, 1.165) is 42.1 Å². The molecule has 0 unspecified atom stereocenters. The van der Waals surface area contributed by atoms with Gasteiger partial charge in [0.25, 0.3) is 0 Å². The number of benzene rings is 1. The lowest BCUT2D eigenvalue weighted by atomic mass is 9.95. The fraction of sp³-hybridized carbons (Fsp3) is 0.536. The van der Waals surface area contributed by atoms with Crippen molar-refractivity contribution in [3.8, 4) is 0 Å². The molecule has 2 heterocycles. The standard InChI is InChI=1S/C28H37N3O5/c32-19-28(13-7-8-14-28)31-25(33)16-20-9-3-1-2-4-12-26(34)36-18-22(30-27(20)35)15-21-17-29-24-11-6-5-10-23(21)24/h1,3,5-6,10-11,17,20,22,29,32H,2,4,7-9,12-16,18-19H2,(H,30,35)(H,31,33)/t20-,22+/m1/s1. The van der Waals surface area contributed by atoms with E-state index in [4.69, 9.17) is 4.74 Å². The van der Waals surface area contributed by atoms with Crippen LogP contribution in [0.15, 0.2) is 42.6 Å². The summed E-state index contributed by atoms with van der Waals surface area (Å²) in [6.07, 6.45) is 11.9. The first kappa shape index (κ1) is 25.9. The number of aliphatic hydroxyl groups is 1. The van der Waals surface area contributed by atoms with E-state index >= 15 is 0 Å². The molecule has 0 radical (unpaired) electrons. The molecule has 0 saturated heterocycles. The van der Waals surface area contributed by atoms with Crippen LogP contribution in [0, 0.1) is 5.92 Å². The van der Waals surface area contributed by atoms with Gasteiger partial charge in [0.15, 0.2) is 0 Å². The summed E-state index contributed by atoms with van der Waals surface area (Å²) in [5, 5.41) is 17.0. The molecular formula is C28H37N3O5. The van der Waals surface area contributed by atoms with Crippen LogP contribution in [0.3, 0.4) is 0 Å². The van der Waals surface area contributed by atoms with Crippen LogP contribution in [0.25, 0.3) is 10.9 Å². The van der Waals surface area contributed by atoms with Crippen molar-refractivity contribution < 1.29 is 24.2 Å². The van der Waals surface area contributed by atoms with E-state index in [1.165, 1.54) is 0 Å². The van der Waals surface area contributed by atoms with Crippen LogP contribution in [0.2, 0.25) is 0 Å². The van der Waals surface area contributed by atoms with E-state index in [1.54, 1.807) is 0 Å². The molecule has 8 heteroatoms. The predicted molar refractivity (Wildman–Crippen MR) is 137 cm³/mol. The lowest BCUT2D eigenvalue weighted by Gasteiger charge is -2.29. The zero-order valence-electron chi connectivity index (χ0n) is 20.8. The van der Waals surface area contributed by atoms with Gasteiger partial charge in [-0.2, -0.15) is 0 Å². The van der Waals surface area contributed by atoms with Gasteiger partial charge < -0.3 is 25.5 Å². The molecule has 0 spiro atoms. The third-order valence-corrected chi connectivity index (χ3v) is 7.34. The molecule has 194 valence electrons. The second-order valence-electron chi connectivity index (χ2n) is 10.1. The minimum absolute atomic E-state index is 0.0392. The number of esters is 1. The van der Waals surface area contributed by atoms with Gasteiger partial charge in [-0.3, -0.25) is 14.4 Å². The number of aromatic amines is 1. The Bertz CT molecular complexity index is 1090. The molecule has 4 N–H and O–H groups in total. The normalized spacial score (nSPS) is 23.2. The summed E-state index contributed by atoms with van der Waals surface area (Å²) in [6.45, 7) is -0.0163.